The monoisotopic (exact) mass is 425 g/mol. The molecule has 0 unspecified atom stereocenters. The second kappa shape index (κ2) is 8.54. The summed E-state index contributed by atoms with van der Waals surface area (Å²) in [5.74, 6) is 0. The Morgan fingerprint density at radius 2 is 0.714 bits per heavy atom. The summed E-state index contributed by atoms with van der Waals surface area (Å²) in [6.45, 7) is 0. The molecule has 0 aromatic carbocycles. The Labute approximate surface area is 118 Å². The minimum atomic E-state index is -0.875. The van der Waals surface area contributed by atoms with Gasteiger partial charge in [0.25, 0.3) is 0 Å². The molecular formula is Br4CuNa2. The minimum absolute atomic E-state index is 0. The average molecular weight is 429 g/mol. The number of hydrogen-bond donors (Lipinski definition) is 0. The van der Waals surface area contributed by atoms with E-state index < -0.39 is 5.61 Å². The van der Waals surface area contributed by atoms with Gasteiger partial charge in [-0.25, -0.2) is 0 Å². The normalized spacial score (nSPS) is 10.9. The quantitative estimate of drug-likeness (QED) is 0.371. The van der Waals surface area contributed by atoms with Crippen LogP contribution in [0.1, 0.15) is 0 Å². The molecule has 7 heavy (non-hydrogen) atoms. The maximum atomic E-state index is 3.20. The van der Waals surface area contributed by atoms with Crippen LogP contribution in [0.3, 0.4) is 0 Å². The van der Waals surface area contributed by atoms with Crippen molar-refractivity contribution in [1.82, 2.24) is 0 Å². The summed E-state index contributed by atoms with van der Waals surface area (Å²) in [7, 11) is 0. The van der Waals surface area contributed by atoms with Gasteiger partial charge in [-0.15, -0.1) is 0 Å². The first-order valence-corrected chi connectivity index (χ1v) is 9.77. The molecule has 0 aromatic rings. The smallest absolute Gasteiger partial charge is 1.00 e. The maximum Gasteiger partial charge on any atom is 1.00 e. The van der Waals surface area contributed by atoms with Crippen LogP contribution in [0.25, 0.3) is 0 Å². The zero-order chi connectivity index (χ0) is 4.50. The summed E-state index contributed by atoms with van der Waals surface area (Å²) in [4.78, 5) is 0. The molecule has 0 nitrogen and oxygen atoms in total. The maximum absolute atomic E-state index is 3.20. The largest absolute Gasteiger partial charge is 1.00 e. The zero-order valence-electron chi connectivity index (χ0n) is 3.81. The number of halogens is 4. The molecule has 0 heterocycles. The fourth-order valence-electron chi connectivity index (χ4n) is 0. The van der Waals surface area contributed by atoms with Crippen molar-refractivity contribution >= 4 is 56.4 Å². The van der Waals surface area contributed by atoms with Crippen LogP contribution in [0.5, 0.6) is 0 Å². The van der Waals surface area contributed by atoms with E-state index in [1.165, 1.54) is 0 Å². The van der Waals surface area contributed by atoms with Crippen LogP contribution in [0, 0.1) is 0 Å². The molecule has 0 atom stereocenters. The van der Waals surface area contributed by atoms with E-state index in [4.69, 9.17) is 0 Å². The molecular weight excluding hydrogens is 429 g/mol. The molecule has 0 aromatic heterocycles. The van der Waals surface area contributed by atoms with E-state index in [0.29, 0.717) is 0 Å². The van der Waals surface area contributed by atoms with Gasteiger partial charge in [-0.3, -0.25) is 0 Å². The first-order valence-electron chi connectivity index (χ1n) is 0.456. The fraction of sp³-hybridized carbons (Fsp3) is 0. The summed E-state index contributed by atoms with van der Waals surface area (Å²) in [6.07, 6.45) is 0. The van der Waals surface area contributed by atoms with Gasteiger partial charge in [0.15, 0.2) is 0 Å². The van der Waals surface area contributed by atoms with Gasteiger partial charge < -0.3 is 0 Å². The molecule has 0 saturated carbocycles. The molecule has 41 valence electrons. The van der Waals surface area contributed by atoms with Crippen LogP contribution in [0.4, 0.5) is 0 Å². The van der Waals surface area contributed by atoms with Crippen LogP contribution >= 0.6 is 56.4 Å². The Kier molecular flexibility index (Phi) is 21.3. The Bertz CT molecular complexity index is 25.2. The molecule has 0 aliphatic heterocycles. The molecule has 0 fully saturated rings. The Morgan fingerprint density at radius 1 is 0.714 bits per heavy atom. The molecule has 0 aliphatic rings. The van der Waals surface area contributed by atoms with Crippen LogP contribution in [-0.4, -0.2) is 0 Å². The molecule has 0 rings (SSSR count). The van der Waals surface area contributed by atoms with Gasteiger partial charge in [-0.05, 0) is 0 Å². The summed E-state index contributed by atoms with van der Waals surface area (Å²) in [5.41, 5.74) is -0.875. The first-order chi connectivity index (χ1) is 2.00. The molecule has 7 heteroatoms. The Morgan fingerprint density at radius 3 is 0.714 bits per heavy atom. The van der Waals surface area contributed by atoms with Crippen molar-refractivity contribution in [1.29, 1.82) is 0 Å². The van der Waals surface area contributed by atoms with Gasteiger partial charge in [0.2, 0.25) is 0 Å². The van der Waals surface area contributed by atoms with E-state index in [0.717, 1.165) is 0 Å². The molecule has 0 N–H and O–H groups in total. The Hall–Kier alpha value is 4.44. The molecule has 0 aliphatic carbocycles. The van der Waals surface area contributed by atoms with E-state index in [1.807, 2.05) is 0 Å². The van der Waals surface area contributed by atoms with Gasteiger partial charge in [0, 0.05) is 0 Å². The predicted molar refractivity (Wildman–Crippen MR) is 35.7 cm³/mol. The van der Waals surface area contributed by atoms with Gasteiger partial charge in [0.1, 0.15) is 0 Å². The summed E-state index contributed by atoms with van der Waals surface area (Å²) in [5, 5.41) is 0. The number of rotatable bonds is 0. The van der Waals surface area contributed by atoms with Crippen molar-refractivity contribution < 1.29 is 64.7 Å². The minimum Gasteiger partial charge on any atom is 1.00 e. The van der Waals surface area contributed by atoms with Crippen molar-refractivity contribution in [3.8, 4) is 0 Å². The summed E-state index contributed by atoms with van der Waals surface area (Å²) >= 11 is 12.8. The van der Waals surface area contributed by atoms with Crippen LogP contribution in [-0.2, 0) is 5.61 Å². The third kappa shape index (κ3) is 37.7. The molecule has 0 saturated heterocycles. The predicted octanol–water partition coefficient (Wildman–Crippen LogP) is -2.61. The van der Waals surface area contributed by atoms with Crippen molar-refractivity contribution in [2.45, 2.75) is 0 Å². The molecule has 0 bridgehead atoms. The van der Waals surface area contributed by atoms with E-state index in [1.54, 1.807) is 0 Å². The van der Waals surface area contributed by atoms with Crippen molar-refractivity contribution in [2.75, 3.05) is 0 Å². The van der Waals surface area contributed by atoms with Crippen molar-refractivity contribution in [3.05, 3.63) is 0 Å². The van der Waals surface area contributed by atoms with E-state index in [2.05, 4.69) is 56.4 Å². The van der Waals surface area contributed by atoms with Crippen molar-refractivity contribution in [2.24, 2.45) is 0 Å². The number of hydrogen-bond acceptors (Lipinski definition) is 0. The second-order valence-electron chi connectivity index (χ2n) is 0.258. The van der Waals surface area contributed by atoms with Gasteiger partial charge in [-0.1, -0.05) is 0 Å². The van der Waals surface area contributed by atoms with Crippen LogP contribution < -0.4 is 59.1 Å². The third-order valence-corrected chi connectivity index (χ3v) is 0. The second-order valence-corrected chi connectivity index (χ2v) is 28.8. The average Bonchev–Trinajstić information content (AvgIpc) is 0.722. The van der Waals surface area contributed by atoms with Gasteiger partial charge in [-0.2, -0.15) is 0 Å². The van der Waals surface area contributed by atoms with E-state index >= 15 is 0 Å². The molecule has 0 spiro atoms. The summed E-state index contributed by atoms with van der Waals surface area (Å²) < 4.78 is 0. The Balaban J connectivity index is -0.0000000800. The SMILES string of the molecule is [Br][Cu-2]([Br])([Br])[Br].[Na+].[Na+]. The first kappa shape index (κ1) is 17.5. The van der Waals surface area contributed by atoms with Crippen LogP contribution in [0.2, 0.25) is 0 Å². The van der Waals surface area contributed by atoms with Gasteiger partial charge in [0.05, 0.1) is 0 Å². The topological polar surface area (TPSA) is 0 Å². The standard InChI is InChI=1S/4BrH.Cu.2Na/h4*1H;;;/q;;;;+2;2*+1/p-4. The van der Waals surface area contributed by atoms with Gasteiger partial charge >= 0.3 is 121 Å². The zero-order valence-corrected chi connectivity index (χ0v) is 15.1. The molecule has 0 amide bonds. The van der Waals surface area contributed by atoms with Crippen molar-refractivity contribution in [3.63, 3.8) is 0 Å². The van der Waals surface area contributed by atoms with Crippen LogP contribution in [0.15, 0.2) is 0 Å². The summed E-state index contributed by atoms with van der Waals surface area (Å²) in [6, 6.07) is 0. The molecule has 0 radical (unpaired) electrons. The fourth-order valence-corrected chi connectivity index (χ4v) is 0. The third-order valence-electron chi connectivity index (χ3n) is 0. The van der Waals surface area contributed by atoms with E-state index in [9.17, 15) is 0 Å². The van der Waals surface area contributed by atoms with E-state index in [-0.39, 0.29) is 59.1 Å².